The Bertz CT molecular complexity index is 732. The van der Waals surface area contributed by atoms with Gasteiger partial charge in [0.1, 0.15) is 0 Å². The Morgan fingerprint density at radius 3 is 2.70 bits per heavy atom. The Kier molecular flexibility index (Phi) is 6.02. The summed E-state index contributed by atoms with van der Waals surface area (Å²) < 4.78 is 0. The molecule has 23 heavy (non-hydrogen) atoms. The molecular formula is C17H16Cl2N2O2. The number of aryl methyl sites for hydroxylation is 1. The summed E-state index contributed by atoms with van der Waals surface area (Å²) >= 11 is 11.8. The van der Waals surface area contributed by atoms with Gasteiger partial charge in [0, 0.05) is 5.02 Å². The number of nitrogens with zero attached hydrogens (tertiary/aromatic N) is 1. The van der Waals surface area contributed by atoms with Crippen LogP contribution >= 0.6 is 23.2 Å². The van der Waals surface area contributed by atoms with Crippen molar-refractivity contribution in [3.8, 4) is 0 Å². The van der Waals surface area contributed by atoms with Crippen molar-refractivity contribution in [2.45, 2.75) is 20.0 Å². The predicted octanol–water partition coefficient (Wildman–Crippen LogP) is 4.68. The third-order valence-corrected chi connectivity index (χ3v) is 3.71. The molecule has 0 saturated heterocycles. The molecule has 0 heterocycles. The van der Waals surface area contributed by atoms with Gasteiger partial charge in [0.2, 0.25) is 6.10 Å². The first kappa shape index (κ1) is 17.3. The summed E-state index contributed by atoms with van der Waals surface area (Å²) in [6.45, 7) is 3.58. The van der Waals surface area contributed by atoms with Crippen molar-refractivity contribution in [3.63, 3.8) is 0 Å². The second-order valence-electron chi connectivity index (χ2n) is 4.95. The van der Waals surface area contributed by atoms with Crippen molar-refractivity contribution in [1.82, 2.24) is 0 Å². The fraction of sp³-hybridized carbons (Fsp3) is 0.176. The van der Waals surface area contributed by atoms with Crippen molar-refractivity contribution in [2.75, 3.05) is 5.32 Å². The van der Waals surface area contributed by atoms with Crippen LogP contribution in [0.4, 0.5) is 5.69 Å². The van der Waals surface area contributed by atoms with Crippen LogP contribution in [0.3, 0.4) is 0 Å². The number of hydrogen-bond donors (Lipinski definition) is 1. The number of carbonyl (C=O) groups is 1. The monoisotopic (exact) mass is 350 g/mol. The molecule has 0 saturated carbocycles. The minimum atomic E-state index is -0.762. The van der Waals surface area contributed by atoms with E-state index in [0.29, 0.717) is 15.7 Å². The van der Waals surface area contributed by atoms with Crippen LogP contribution in [0.2, 0.25) is 10.0 Å². The largest absolute Gasteiger partial charge is 0.383 e. The van der Waals surface area contributed by atoms with Gasteiger partial charge in [-0.05, 0) is 43.2 Å². The molecule has 4 nitrogen and oxygen atoms in total. The van der Waals surface area contributed by atoms with E-state index in [9.17, 15) is 4.79 Å². The van der Waals surface area contributed by atoms with Crippen LogP contribution in [-0.4, -0.2) is 18.2 Å². The average Bonchev–Trinajstić information content (AvgIpc) is 2.51. The van der Waals surface area contributed by atoms with E-state index in [1.165, 1.54) is 0 Å². The highest BCUT2D eigenvalue weighted by Gasteiger charge is 2.15. The zero-order chi connectivity index (χ0) is 16.8. The second kappa shape index (κ2) is 7.99. The number of rotatable bonds is 5. The van der Waals surface area contributed by atoms with Gasteiger partial charge in [-0.15, -0.1) is 0 Å². The lowest BCUT2D eigenvalue weighted by Crippen LogP contribution is -2.26. The van der Waals surface area contributed by atoms with Gasteiger partial charge >= 0.3 is 0 Å². The SMILES string of the molecule is Cc1ccccc1/C=N\O[C@H](C)C(=O)Nc1ccc(Cl)cc1Cl. The van der Waals surface area contributed by atoms with Crippen molar-refractivity contribution in [1.29, 1.82) is 0 Å². The Labute approximate surface area is 145 Å². The first-order valence-electron chi connectivity index (χ1n) is 6.98. The molecule has 1 N–H and O–H groups in total. The maximum absolute atomic E-state index is 12.1. The van der Waals surface area contributed by atoms with Crippen molar-refractivity contribution in [3.05, 3.63) is 63.6 Å². The first-order valence-corrected chi connectivity index (χ1v) is 7.73. The van der Waals surface area contributed by atoms with Gasteiger partial charge in [0.05, 0.1) is 16.9 Å². The topological polar surface area (TPSA) is 50.7 Å². The number of carbonyl (C=O) groups excluding carboxylic acids is 1. The summed E-state index contributed by atoms with van der Waals surface area (Å²) in [7, 11) is 0. The van der Waals surface area contributed by atoms with Crippen LogP contribution in [0.25, 0.3) is 0 Å². The number of amides is 1. The van der Waals surface area contributed by atoms with Gasteiger partial charge in [-0.1, -0.05) is 52.6 Å². The van der Waals surface area contributed by atoms with E-state index in [-0.39, 0.29) is 5.91 Å². The molecule has 0 bridgehead atoms. The number of benzene rings is 2. The number of oxime groups is 1. The van der Waals surface area contributed by atoms with Gasteiger partial charge in [-0.3, -0.25) is 4.79 Å². The molecule has 2 rings (SSSR count). The molecule has 0 aliphatic carbocycles. The highest BCUT2D eigenvalue weighted by molar-refractivity contribution is 6.36. The standard InChI is InChI=1S/C17H16Cl2N2O2/c1-11-5-3-4-6-13(11)10-20-23-12(2)17(22)21-16-8-7-14(18)9-15(16)19/h3-10,12H,1-2H3,(H,21,22)/b20-10-/t12-/m1/s1. The van der Waals surface area contributed by atoms with Gasteiger partial charge in [0.25, 0.3) is 5.91 Å². The lowest BCUT2D eigenvalue weighted by atomic mass is 10.1. The van der Waals surface area contributed by atoms with Crippen molar-refractivity contribution >= 4 is 41.0 Å². The Balaban J connectivity index is 1.94. The molecule has 0 aliphatic heterocycles. The third kappa shape index (κ3) is 4.98. The number of anilines is 1. The lowest BCUT2D eigenvalue weighted by molar-refractivity contribution is -0.126. The predicted molar refractivity (Wildman–Crippen MR) is 94.4 cm³/mol. The molecule has 2 aromatic rings. The summed E-state index contributed by atoms with van der Waals surface area (Å²) in [6, 6.07) is 12.6. The van der Waals surface area contributed by atoms with Crippen molar-refractivity contribution in [2.24, 2.45) is 5.16 Å². The molecule has 6 heteroatoms. The minimum Gasteiger partial charge on any atom is -0.383 e. The zero-order valence-electron chi connectivity index (χ0n) is 12.7. The Morgan fingerprint density at radius 2 is 2.00 bits per heavy atom. The van der Waals surface area contributed by atoms with Gasteiger partial charge in [0.15, 0.2) is 0 Å². The van der Waals surface area contributed by atoms with E-state index in [4.69, 9.17) is 28.0 Å². The molecule has 0 unspecified atom stereocenters. The van der Waals surface area contributed by atoms with E-state index >= 15 is 0 Å². The molecule has 0 fully saturated rings. The summed E-state index contributed by atoms with van der Waals surface area (Å²) in [5.41, 5.74) is 2.48. The fourth-order valence-corrected chi connectivity index (χ4v) is 2.24. The van der Waals surface area contributed by atoms with Crippen molar-refractivity contribution < 1.29 is 9.63 Å². The quantitative estimate of drug-likeness (QED) is 0.628. The second-order valence-corrected chi connectivity index (χ2v) is 5.80. The van der Waals surface area contributed by atoms with Crippen LogP contribution < -0.4 is 5.32 Å². The third-order valence-electron chi connectivity index (χ3n) is 3.16. The van der Waals surface area contributed by atoms with E-state index in [0.717, 1.165) is 11.1 Å². The van der Waals surface area contributed by atoms with Crippen LogP contribution in [0, 0.1) is 6.92 Å². The molecule has 0 radical (unpaired) electrons. The molecule has 1 amide bonds. The molecule has 0 aromatic heterocycles. The summed E-state index contributed by atoms with van der Waals surface area (Å²) in [5, 5.41) is 7.39. The highest BCUT2D eigenvalue weighted by atomic mass is 35.5. The summed E-state index contributed by atoms with van der Waals surface area (Å²) in [6.07, 6.45) is 0.816. The molecule has 1 atom stereocenters. The maximum atomic E-state index is 12.1. The van der Waals surface area contributed by atoms with Crippen LogP contribution in [0.15, 0.2) is 47.6 Å². The normalized spacial score (nSPS) is 12.2. The zero-order valence-corrected chi connectivity index (χ0v) is 14.2. The Hall–Kier alpha value is -2.04. The highest BCUT2D eigenvalue weighted by Crippen LogP contribution is 2.25. The summed E-state index contributed by atoms with van der Waals surface area (Å²) in [5.74, 6) is -0.351. The molecule has 0 spiro atoms. The average molecular weight is 351 g/mol. The lowest BCUT2D eigenvalue weighted by Gasteiger charge is -2.11. The first-order chi connectivity index (χ1) is 11.0. The molecule has 2 aromatic carbocycles. The Morgan fingerprint density at radius 1 is 1.26 bits per heavy atom. The van der Waals surface area contributed by atoms with E-state index in [1.807, 2.05) is 31.2 Å². The molecule has 120 valence electrons. The van der Waals surface area contributed by atoms with Crippen LogP contribution in [-0.2, 0) is 9.63 Å². The van der Waals surface area contributed by atoms with E-state index in [2.05, 4.69) is 10.5 Å². The maximum Gasteiger partial charge on any atom is 0.268 e. The smallest absolute Gasteiger partial charge is 0.268 e. The summed E-state index contributed by atoms with van der Waals surface area (Å²) in [4.78, 5) is 17.2. The molecular weight excluding hydrogens is 335 g/mol. The molecule has 0 aliphatic rings. The minimum absolute atomic E-state index is 0.351. The van der Waals surface area contributed by atoms with Gasteiger partial charge in [-0.25, -0.2) is 0 Å². The number of halogens is 2. The van der Waals surface area contributed by atoms with E-state index < -0.39 is 6.10 Å². The van der Waals surface area contributed by atoms with Crippen LogP contribution in [0.1, 0.15) is 18.1 Å². The number of hydrogen-bond acceptors (Lipinski definition) is 3. The number of nitrogens with one attached hydrogen (secondary N) is 1. The van der Waals surface area contributed by atoms with Crippen LogP contribution in [0.5, 0.6) is 0 Å². The van der Waals surface area contributed by atoms with Gasteiger partial charge < -0.3 is 10.2 Å². The van der Waals surface area contributed by atoms with Gasteiger partial charge in [-0.2, -0.15) is 0 Å². The van der Waals surface area contributed by atoms with E-state index in [1.54, 1.807) is 31.3 Å². The fourth-order valence-electron chi connectivity index (χ4n) is 1.78.